The van der Waals surface area contributed by atoms with Crippen LogP contribution in [0, 0.1) is 0 Å². The van der Waals surface area contributed by atoms with Crippen LogP contribution in [-0.4, -0.2) is 59.0 Å². The van der Waals surface area contributed by atoms with E-state index in [1.54, 1.807) is 48.5 Å². The molecule has 0 aliphatic heterocycles. The number of halogens is 1. The molecule has 3 amide bonds. The lowest BCUT2D eigenvalue weighted by molar-refractivity contribution is -0.137. The molecule has 1 aliphatic rings. The molecular formula is C23H25ClN4O5. The van der Waals surface area contributed by atoms with Crippen LogP contribution in [-0.2, 0) is 16.1 Å². The second-order valence-corrected chi connectivity index (χ2v) is 8.08. The Morgan fingerprint density at radius 2 is 1.85 bits per heavy atom. The summed E-state index contributed by atoms with van der Waals surface area (Å²) < 4.78 is 5.84. The van der Waals surface area contributed by atoms with Crippen molar-refractivity contribution >= 4 is 41.7 Å². The van der Waals surface area contributed by atoms with Gasteiger partial charge in [0, 0.05) is 12.1 Å². The number of carbonyl (C=O) groups excluding carboxylic acids is 2. The van der Waals surface area contributed by atoms with Crippen LogP contribution in [0.2, 0.25) is 5.02 Å². The minimum absolute atomic E-state index is 0.0464. The number of amides is 3. The number of carbonyl (C=O) groups is 3. The predicted octanol–water partition coefficient (Wildman–Crippen LogP) is 3.64. The van der Waals surface area contributed by atoms with Gasteiger partial charge < -0.3 is 14.7 Å². The number of carboxylic acids is 1. The van der Waals surface area contributed by atoms with Crippen LogP contribution in [0.3, 0.4) is 0 Å². The third-order valence-corrected chi connectivity index (χ3v) is 5.28. The minimum atomic E-state index is -1.17. The van der Waals surface area contributed by atoms with Gasteiger partial charge in [-0.2, -0.15) is 0 Å². The number of ether oxygens (including phenoxy) is 1. The first kappa shape index (κ1) is 24.1. The van der Waals surface area contributed by atoms with E-state index in [1.165, 1.54) is 18.4 Å². The Bertz CT molecular complexity index is 1010. The van der Waals surface area contributed by atoms with Crippen molar-refractivity contribution in [1.29, 1.82) is 0 Å². The van der Waals surface area contributed by atoms with Gasteiger partial charge in [0.15, 0.2) is 0 Å². The molecule has 0 heterocycles. The highest BCUT2D eigenvalue weighted by Gasteiger charge is 2.20. The first-order chi connectivity index (χ1) is 15.8. The standard InChI is InChI=1S/C23H25ClN4O5/c1-27(14-21(30)31)23(32)26-22(28(15-29)13-16-5-7-17(24)8-6-16)25-18-9-11-20(12-10-18)33-19-3-2-4-19/h5-12,15,19H,2-4,13-14H2,1H3,(H,30,31)(H,25,26,32). The second-order valence-electron chi connectivity index (χ2n) is 7.64. The van der Waals surface area contributed by atoms with Crippen molar-refractivity contribution in [2.75, 3.05) is 13.6 Å². The molecule has 0 unspecified atom stereocenters. The average molecular weight is 473 g/mol. The SMILES string of the molecule is CN(CC(=O)O)C(=O)NC(=Nc1ccc(OC2CCC2)cc1)N(C=O)Cc1ccc(Cl)cc1. The fourth-order valence-corrected chi connectivity index (χ4v) is 3.11. The van der Waals surface area contributed by atoms with Crippen molar-refractivity contribution in [3.05, 3.63) is 59.1 Å². The molecule has 1 fully saturated rings. The molecule has 0 atom stereocenters. The molecule has 2 aromatic carbocycles. The monoisotopic (exact) mass is 472 g/mol. The van der Waals surface area contributed by atoms with E-state index in [-0.39, 0.29) is 18.6 Å². The van der Waals surface area contributed by atoms with Gasteiger partial charge in [-0.3, -0.25) is 19.8 Å². The van der Waals surface area contributed by atoms with Gasteiger partial charge in [-0.15, -0.1) is 0 Å². The molecule has 9 nitrogen and oxygen atoms in total. The van der Waals surface area contributed by atoms with Gasteiger partial charge >= 0.3 is 12.0 Å². The van der Waals surface area contributed by atoms with Crippen LogP contribution in [0.4, 0.5) is 10.5 Å². The number of aliphatic imine (C=N–C) groups is 1. The van der Waals surface area contributed by atoms with Crippen LogP contribution < -0.4 is 10.1 Å². The van der Waals surface area contributed by atoms with E-state index in [9.17, 15) is 14.4 Å². The van der Waals surface area contributed by atoms with E-state index < -0.39 is 18.5 Å². The molecule has 0 aromatic heterocycles. The number of aliphatic carboxylic acids is 1. The lowest BCUT2D eigenvalue weighted by Gasteiger charge is -2.26. The van der Waals surface area contributed by atoms with Crippen molar-refractivity contribution in [2.24, 2.45) is 4.99 Å². The Hall–Kier alpha value is -3.59. The molecule has 10 heteroatoms. The molecular weight excluding hydrogens is 448 g/mol. The Labute approximate surface area is 196 Å². The van der Waals surface area contributed by atoms with Gasteiger partial charge in [0.25, 0.3) is 0 Å². The number of likely N-dealkylation sites (N-methyl/N-ethyl adjacent to an activating group) is 1. The number of nitrogens with zero attached hydrogens (tertiary/aromatic N) is 3. The summed E-state index contributed by atoms with van der Waals surface area (Å²) in [6, 6.07) is 13.1. The molecule has 2 aromatic rings. The molecule has 174 valence electrons. The predicted molar refractivity (Wildman–Crippen MR) is 124 cm³/mol. The molecule has 33 heavy (non-hydrogen) atoms. The number of rotatable bonds is 8. The normalized spacial score (nSPS) is 13.6. The van der Waals surface area contributed by atoms with E-state index in [4.69, 9.17) is 21.4 Å². The van der Waals surface area contributed by atoms with Crippen molar-refractivity contribution in [3.63, 3.8) is 0 Å². The van der Waals surface area contributed by atoms with Crippen molar-refractivity contribution in [3.8, 4) is 5.75 Å². The van der Waals surface area contributed by atoms with Crippen molar-refractivity contribution in [2.45, 2.75) is 31.9 Å². The van der Waals surface area contributed by atoms with Gasteiger partial charge in [0.1, 0.15) is 12.3 Å². The summed E-state index contributed by atoms with van der Waals surface area (Å²) in [5.41, 5.74) is 1.24. The Balaban J connectivity index is 1.82. The molecule has 1 aliphatic carbocycles. The smallest absolute Gasteiger partial charge is 0.324 e. The summed E-state index contributed by atoms with van der Waals surface area (Å²) in [5.74, 6) is -0.490. The topological polar surface area (TPSA) is 112 Å². The Kier molecular flexibility index (Phi) is 8.26. The second kappa shape index (κ2) is 11.3. The van der Waals surface area contributed by atoms with Crippen LogP contribution in [0.25, 0.3) is 0 Å². The quantitative estimate of drug-likeness (QED) is 0.346. The summed E-state index contributed by atoms with van der Waals surface area (Å²) in [6.07, 6.45) is 4.03. The maximum Gasteiger partial charge on any atom is 0.324 e. The van der Waals surface area contributed by atoms with Gasteiger partial charge in [0.05, 0.1) is 18.3 Å². The lowest BCUT2D eigenvalue weighted by atomic mass is 9.96. The van der Waals surface area contributed by atoms with Crippen LogP contribution in [0.1, 0.15) is 24.8 Å². The molecule has 2 N–H and O–H groups in total. The fraction of sp³-hybridized carbons (Fsp3) is 0.304. The van der Waals surface area contributed by atoms with Crippen molar-refractivity contribution < 1.29 is 24.2 Å². The highest BCUT2D eigenvalue weighted by Crippen LogP contribution is 2.26. The highest BCUT2D eigenvalue weighted by atomic mass is 35.5. The van der Waals surface area contributed by atoms with E-state index in [1.807, 2.05) is 0 Å². The van der Waals surface area contributed by atoms with Gasteiger partial charge in [0.2, 0.25) is 12.4 Å². The molecule has 1 saturated carbocycles. The third kappa shape index (κ3) is 7.21. The van der Waals surface area contributed by atoms with Crippen LogP contribution >= 0.6 is 11.6 Å². The molecule has 0 spiro atoms. The van der Waals surface area contributed by atoms with Crippen LogP contribution in [0.15, 0.2) is 53.5 Å². The van der Waals surface area contributed by atoms with E-state index in [2.05, 4.69) is 10.3 Å². The van der Waals surface area contributed by atoms with Gasteiger partial charge in [-0.1, -0.05) is 23.7 Å². The van der Waals surface area contributed by atoms with E-state index in [0.717, 1.165) is 29.1 Å². The molecule has 0 saturated heterocycles. The van der Waals surface area contributed by atoms with Crippen LogP contribution in [0.5, 0.6) is 5.75 Å². The van der Waals surface area contributed by atoms with E-state index in [0.29, 0.717) is 17.1 Å². The minimum Gasteiger partial charge on any atom is -0.490 e. The summed E-state index contributed by atoms with van der Waals surface area (Å²) in [6.45, 7) is -0.393. The largest absolute Gasteiger partial charge is 0.490 e. The maximum absolute atomic E-state index is 12.5. The summed E-state index contributed by atoms with van der Waals surface area (Å²) in [4.78, 5) is 41.9. The highest BCUT2D eigenvalue weighted by molar-refractivity contribution is 6.30. The first-order valence-corrected chi connectivity index (χ1v) is 10.8. The third-order valence-electron chi connectivity index (χ3n) is 5.03. The number of hydrogen-bond donors (Lipinski definition) is 2. The molecule has 0 bridgehead atoms. The zero-order valence-electron chi connectivity index (χ0n) is 18.1. The first-order valence-electron chi connectivity index (χ1n) is 10.4. The maximum atomic E-state index is 12.5. The Morgan fingerprint density at radius 3 is 2.39 bits per heavy atom. The van der Waals surface area contributed by atoms with E-state index >= 15 is 0 Å². The number of urea groups is 1. The molecule has 3 rings (SSSR count). The number of hydrogen-bond acceptors (Lipinski definition) is 5. The Morgan fingerprint density at radius 1 is 1.18 bits per heavy atom. The number of nitrogens with one attached hydrogen (secondary N) is 1. The summed E-state index contributed by atoms with van der Waals surface area (Å²) in [7, 11) is 1.33. The number of carboxylic acid groups (broad SMARTS) is 1. The zero-order valence-corrected chi connectivity index (χ0v) is 18.9. The van der Waals surface area contributed by atoms with Crippen molar-refractivity contribution in [1.82, 2.24) is 15.1 Å². The number of guanidine groups is 1. The molecule has 0 radical (unpaired) electrons. The average Bonchev–Trinajstić information content (AvgIpc) is 2.76. The summed E-state index contributed by atoms with van der Waals surface area (Å²) >= 11 is 5.93. The summed E-state index contributed by atoms with van der Waals surface area (Å²) in [5, 5.41) is 12.0. The lowest BCUT2D eigenvalue weighted by Crippen LogP contribution is -2.48. The zero-order chi connectivity index (χ0) is 23.8. The van der Waals surface area contributed by atoms with Gasteiger partial charge in [-0.25, -0.2) is 9.79 Å². The number of benzene rings is 2. The fourth-order valence-electron chi connectivity index (χ4n) is 2.98. The van der Waals surface area contributed by atoms with Gasteiger partial charge in [-0.05, 0) is 61.2 Å².